The molecule has 1 aromatic heterocycles. The van der Waals surface area contributed by atoms with Crippen LogP contribution in [0.5, 0.6) is 0 Å². The molecular formula is C11H16BrN3O. The van der Waals surface area contributed by atoms with Gasteiger partial charge in [0.25, 0.3) is 0 Å². The van der Waals surface area contributed by atoms with Crippen molar-refractivity contribution in [2.24, 2.45) is 0 Å². The van der Waals surface area contributed by atoms with Crippen molar-refractivity contribution in [2.45, 2.75) is 13.3 Å². The number of likely N-dealkylation sites (N-methyl/N-ethyl adjacent to an activating group) is 1. The quantitative estimate of drug-likeness (QED) is 0.898. The van der Waals surface area contributed by atoms with Gasteiger partial charge < -0.3 is 10.2 Å². The minimum atomic E-state index is 0.0113. The van der Waals surface area contributed by atoms with E-state index in [1.807, 2.05) is 11.0 Å². The van der Waals surface area contributed by atoms with Crippen LogP contribution in [0.25, 0.3) is 0 Å². The fraction of sp³-hybridized carbons (Fsp3) is 0.455. The third-order valence-electron chi connectivity index (χ3n) is 2.20. The standard InChI is InChI=1S/C11H16BrN3O/c1-3-6-15(8-11(16)13-2)10-4-5-14-7-9(10)12/h4-5,7H,3,6,8H2,1-2H3,(H,13,16). The number of hydrogen-bond donors (Lipinski definition) is 1. The van der Waals surface area contributed by atoms with Crippen LogP contribution in [-0.4, -0.2) is 31.0 Å². The van der Waals surface area contributed by atoms with Gasteiger partial charge in [0.15, 0.2) is 0 Å². The number of carbonyl (C=O) groups is 1. The van der Waals surface area contributed by atoms with Crippen molar-refractivity contribution in [3.8, 4) is 0 Å². The van der Waals surface area contributed by atoms with E-state index in [0.717, 1.165) is 23.1 Å². The second-order valence-corrected chi connectivity index (χ2v) is 4.28. The number of amides is 1. The van der Waals surface area contributed by atoms with Gasteiger partial charge in [-0.25, -0.2) is 0 Å². The van der Waals surface area contributed by atoms with E-state index in [9.17, 15) is 4.79 Å². The van der Waals surface area contributed by atoms with Gasteiger partial charge in [0, 0.05) is 26.0 Å². The van der Waals surface area contributed by atoms with Crippen molar-refractivity contribution in [1.29, 1.82) is 0 Å². The molecule has 0 saturated heterocycles. The smallest absolute Gasteiger partial charge is 0.239 e. The summed E-state index contributed by atoms with van der Waals surface area (Å²) in [6, 6.07) is 1.91. The molecule has 4 nitrogen and oxygen atoms in total. The van der Waals surface area contributed by atoms with Crippen LogP contribution in [0.3, 0.4) is 0 Å². The molecule has 1 heterocycles. The molecule has 0 unspecified atom stereocenters. The van der Waals surface area contributed by atoms with Gasteiger partial charge in [-0.05, 0) is 28.4 Å². The maximum absolute atomic E-state index is 11.4. The van der Waals surface area contributed by atoms with Crippen molar-refractivity contribution < 1.29 is 4.79 Å². The lowest BCUT2D eigenvalue weighted by Crippen LogP contribution is -2.36. The molecular weight excluding hydrogens is 270 g/mol. The van der Waals surface area contributed by atoms with Gasteiger partial charge >= 0.3 is 0 Å². The Bertz CT molecular complexity index is 357. The van der Waals surface area contributed by atoms with E-state index in [0.29, 0.717) is 6.54 Å². The first kappa shape index (κ1) is 13.0. The Morgan fingerprint density at radius 1 is 1.62 bits per heavy atom. The molecule has 1 N–H and O–H groups in total. The van der Waals surface area contributed by atoms with Crippen LogP contribution >= 0.6 is 15.9 Å². The highest BCUT2D eigenvalue weighted by atomic mass is 79.9. The predicted molar refractivity (Wildman–Crippen MR) is 68.5 cm³/mol. The van der Waals surface area contributed by atoms with Crippen molar-refractivity contribution in [3.05, 3.63) is 22.9 Å². The number of nitrogens with one attached hydrogen (secondary N) is 1. The maximum atomic E-state index is 11.4. The Kier molecular flexibility index (Phi) is 5.25. The minimum absolute atomic E-state index is 0.0113. The summed E-state index contributed by atoms with van der Waals surface area (Å²) < 4.78 is 0.910. The van der Waals surface area contributed by atoms with Crippen molar-refractivity contribution >= 4 is 27.5 Å². The van der Waals surface area contributed by atoms with Crippen LogP contribution in [0.4, 0.5) is 5.69 Å². The number of halogens is 1. The fourth-order valence-electron chi connectivity index (χ4n) is 1.43. The van der Waals surface area contributed by atoms with Crippen molar-refractivity contribution in [3.63, 3.8) is 0 Å². The second-order valence-electron chi connectivity index (χ2n) is 3.42. The van der Waals surface area contributed by atoms with Gasteiger partial charge in [0.1, 0.15) is 0 Å². The van der Waals surface area contributed by atoms with Gasteiger partial charge in [-0.1, -0.05) is 6.92 Å². The Labute approximate surface area is 104 Å². The van der Waals surface area contributed by atoms with Crippen LogP contribution in [0.15, 0.2) is 22.9 Å². The Morgan fingerprint density at radius 3 is 2.94 bits per heavy atom. The lowest BCUT2D eigenvalue weighted by atomic mass is 10.3. The number of nitrogens with zero attached hydrogens (tertiary/aromatic N) is 2. The zero-order valence-electron chi connectivity index (χ0n) is 9.53. The highest BCUT2D eigenvalue weighted by Crippen LogP contribution is 2.24. The molecule has 0 saturated carbocycles. The summed E-state index contributed by atoms with van der Waals surface area (Å²) in [6.45, 7) is 3.30. The summed E-state index contributed by atoms with van der Waals surface area (Å²) in [5, 5.41) is 2.63. The Hall–Kier alpha value is -1.10. The van der Waals surface area contributed by atoms with Crippen LogP contribution in [0.2, 0.25) is 0 Å². The second kappa shape index (κ2) is 6.48. The van der Waals surface area contributed by atoms with E-state index in [4.69, 9.17) is 0 Å². The van der Waals surface area contributed by atoms with Gasteiger partial charge in [-0.3, -0.25) is 9.78 Å². The molecule has 0 aliphatic carbocycles. The molecule has 1 amide bonds. The van der Waals surface area contributed by atoms with E-state index >= 15 is 0 Å². The molecule has 88 valence electrons. The number of hydrogen-bond acceptors (Lipinski definition) is 3. The molecule has 0 aliphatic rings. The monoisotopic (exact) mass is 285 g/mol. The largest absolute Gasteiger partial charge is 0.361 e. The highest BCUT2D eigenvalue weighted by molar-refractivity contribution is 9.10. The first-order valence-corrected chi connectivity index (χ1v) is 6.03. The molecule has 0 aromatic carbocycles. The molecule has 16 heavy (non-hydrogen) atoms. The van der Waals surface area contributed by atoms with Gasteiger partial charge in [-0.15, -0.1) is 0 Å². The summed E-state index contributed by atoms with van der Waals surface area (Å²) in [4.78, 5) is 17.4. The predicted octanol–water partition coefficient (Wildman–Crippen LogP) is 1.81. The molecule has 5 heteroatoms. The summed E-state index contributed by atoms with van der Waals surface area (Å²) in [5.41, 5.74) is 1.00. The van der Waals surface area contributed by atoms with Gasteiger partial charge in [0.2, 0.25) is 5.91 Å². The summed E-state index contributed by atoms with van der Waals surface area (Å²) in [7, 11) is 1.65. The van der Waals surface area contributed by atoms with Crippen molar-refractivity contribution in [2.75, 3.05) is 25.0 Å². The van der Waals surface area contributed by atoms with Gasteiger partial charge in [0.05, 0.1) is 16.7 Å². The molecule has 0 spiro atoms. The summed E-state index contributed by atoms with van der Waals surface area (Å²) in [5.74, 6) is 0.0113. The lowest BCUT2D eigenvalue weighted by molar-refractivity contribution is -0.119. The van der Waals surface area contributed by atoms with E-state index in [1.54, 1.807) is 19.4 Å². The lowest BCUT2D eigenvalue weighted by Gasteiger charge is -2.24. The first-order chi connectivity index (χ1) is 7.69. The third kappa shape index (κ3) is 3.48. The number of aromatic nitrogens is 1. The van der Waals surface area contributed by atoms with Crippen LogP contribution in [-0.2, 0) is 4.79 Å². The molecule has 1 aromatic rings. The molecule has 0 fully saturated rings. The average Bonchev–Trinajstić information content (AvgIpc) is 2.29. The molecule has 0 atom stereocenters. The zero-order chi connectivity index (χ0) is 12.0. The average molecular weight is 286 g/mol. The van der Waals surface area contributed by atoms with E-state index in [1.165, 1.54) is 0 Å². The first-order valence-electron chi connectivity index (χ1n) is 5.24. The normalized spacial score (nSPS) is 9.94. The number of carbonyl (C=O) groups excluding carboxylic acids is 1. The van der Waals surface area contributed by atoms with E-state index in [2.05, 4.69) is 33.2 Å². The maximum Gasteiger partial charge on any atom is 0.239 e. The van der Waals surface area contributed by atoms with E-state index < -0.39 is 0 Å². The summed E-state index contributed by atoms with van der Waals surface area (Å²) in [6.07, 6.45) is 4.46. The Morgan fingerprint density at radius 2 is 2.38 bits per heavy atom. The zero-order valence-corrected chi connectivity index (χ0v) is 11.1. The SMILES string of the molecule is CCCN(CC(=O)NC)c1ccncc1Br. The van der Waals surface area contributed by atoms with Gasteiger partial charge in [-0.2, -0.15) is 0 Å². The van der Waals surface area contributed by atoms with E-state index in [-0.39, 0.29) is 5.91 Å². The molecule has 0 bridgehead atoms. The topological polar surface area (TPSA) is 45.2 Å². The fourth-order valence-corrected chi connectivity index (χ4v) is 1.93. The molecule has 0 aliphatic heterocycles. The Balaban J connectivity index is 2.85. The minimum Gasteiger partial charge on any atom is -0.361 e. The summed E-state index contributed by atoms with van der Waals surface area (Å²) >= 11 is 3.44. The number of pyridine rings is 1. The third-order valence-corrected chi connectivity index (χ3v) is 2.81. The molecule has 0 radical (unpaired) electrons. The number of anilines is 1. The van der Waals surface area contributed by atoms with Crippen LogP contribution < -0.4 is 10.2 Å². The number of rotatable bonds is 5. The molecule has 1 rings (SSSR count). The van der Waals surface area contributed by atoms with Crippen molar-refractivity contribution in [1.82, 2.24) is 10.3 Å². The highest BCUT2D eigenvalue weighted by Gasteiger charge is 2.12. The van der Waals surface area contributed by atoms with Crippen LogP contribution in [0.1, 0.15) is 13.3 Å². The van der Waals surface area contributed by atoms with Crippen LogP contribution in [0, 0.1) is 0 Å².